The number of amides is 2. The minimum atomic E-state index is -0.661. The average molecular weight is 544 g/mol. The van der Waals surface area contributed by atoms with Crippen LogP contribution >= 0.6 is 0 Å². The standard InChI is InChI=1S/C28H35F2N5O4/c1-4-23(36)17-39-27-18(2)26(35(33-27)22-8-6-5-7-9-22)32-28(37)31-25-16-34(10-11-38-3)15-24(25)19-12-20(29)14-21(30)13-19/h5-9,12-14,23-25,36H,4,10-11,15-17H2,1-3H3,(H2,31,32,37)/t23?,24-,25+/m0/s1. The third kappa shape index (κ3) is 7.11. The number of aliphatic hydroxyl groups is 1. The lowest BCUT2D eigenvalue weighted by Gasteiger charge is -2.21. The van der Waals surface area contributed by atoms with Gasteiger partial charge in [-0.3, -0.25) is 10.2 Å². The van der Waals surface area contributed by atoms with Crippen molar-refractivity contribution < 1.29 is 28.2 Å². The lowest BCUT2D eigenvalue weighted by Crippen LogP contribution is -2.42. The van der Waals surface area contributed by atoms with Crippen LogP contribution in [0.5, 0.6) is 5.88 Å². The van der Waals surface area contributed by atoms with Gasteiger partial charge in [-0.05, 0) is 43.2 Å². The van der Waals surface area contributed by atoms with Gasteiger partial charge >= 0.3 is 6.03 Å². The molecule has 0 bridgehead atoms. The minimum Gasteiger partial charge on any atom is -0.474 e. The van der Waals surface area contributed by atoms with E-state index in [9.17, 15) is 18.7 Å². The Morgan fingerprint density at radius 1 is 1.18 bits per heavy atom. The summed E-state index contributed by atoms with van der Waals surface area (Å²) < 4.78 is 40.6. The van der Waals surface area contributed by atoms with Crippen LogP contribution in [0.3, 0.4) is 0 Å². The number of methoxy groups -OCH3 is 1. The molecule has 2 aromatic carbocycles. The summed E-state index contributed by atoms with van der Waals surface area (Å²) in [4.78, 5) is 15.4. The molecule has 3 atom stereocenters. The molecule has 1 aliphatic rings. The van der Waals surface area contributed by atoms with Crippen LogP contribution in [0.4, 0.5) is 19.4 Å². The molecule has 0 saturated carbocycles. The molecule has 0 spiro atoms. The average Bonchev–Trinajstić information content (AvgIpc) is 3.46. The molecule has 3 aromatic rings. The van der Waals surface area contributed by atoms with Crippen LogP contribution < -0.4 is 15.4 Å². The maximum absolute atomic E-state index is 14.0. The number of halogens is 2. The molecule has 1 aliphatic heterocycles. The van der Waals surface area contributed by atoms with Crippen molar-refractivity contribution in [3.63, 3.8) is 0 Å². The fourth-order valence-electron chi connectivity index (χ4n) is 4.68. The zero-order chi connectivity index (χ0) is 27.9. The molecule has 1 aromatic heterocycles. The lowest BCUT2D eigenvalue weighted by molar-refractivity contribution is 0.101. The van der Waals surface area contributed by atoms with Crippen molar-refractivity contribution in [3.05, 3.63) is 71.3 Å². The zero-order valence-corrected chi connectivity index (χ0v) is 22.4. The molecule has 39 heavy (non-hydrogen) atoms. The fourth-order valence-corrected chi connectivity index (χ4v) is 4.68. The van der Waals surface area contributed by atoms with Gasteiger partial charge in [-0.25, -0.2) is 18.3 Å². The number of carbonyl (C=O) groups is 1. The van der Waals surface area contributed by atoms with Crippen LogP contribution in [-0.4, -0.2) is 77.9 Å². The predicted molar refractivity (Wildman–Crippen MR) is 143 cm³/mol. The van der Waals surface area contributed by atoms with E-state index in [1.54, 1.807) is 18.7 Å². The Morgan fingerprint density at radius 2 is 1.90 bits per heavy atom. The summed E-state index contributed by atoms with van der Waals surface area (Å²) in [7, 11) is 1.61. The number of hydrogen-bond acceptors (Lipinski definition) is 6. The van der Waals surface area contributed by atoms with Gasteiger partial charge in [0, 0.05) is 38.7 Å². The number of carbonyl (C=O) groups excluding carboxylic acids is 1. The highest BCUT2D eigenvalue weighted by Gasteiger charge is 2.35. The normalized spacial score (nSPS) is 18.2. The van der Waals surface area contributed by atoms with E-state index < -0.39 is 29.8 Å². The van der Waals surface area contributed by atoms with Gasteiger partial charge in [-0.15, -0.1) is 5.10 Å². The second-order valence-electron chi connectivity index (χ2n) is 9.67. The van der Waals surface area contributed by atoms with Crippen LogP contribution in [0.15, 0.2) is 48.5 Å². The molecule has 3 N–H and O–H groups in total. The van der Waals surface area contributed by atoms with Gasteiger partial charge in [-0.1, -0.05) is 25.1 Å². The van der Waals surface area contributed by atoms with Crippen molar-refractivity contribution in [2.45, 2.75) is 38.3 Å². The van der Waals surface area contributed by atoms with Crippen molar-refractivity contribution in [1.29, 1.82) is 0 Å². The van der Waals surface area contributed by atoms with E-state index in [0.717, 1.165) is 6.07 Å². The van der Waals surface area contributed by atoms with Gasteiger partial charge in [0.25, 0.3) is 0 Å². The molecule has 4 rings (SSSR count). The smallest absolute Gasteiger partial charge is 0.320 e. The Labute approximate surface area is 226 Å². The number of rotatable bonds is 11. The molecule has 0 aliphatic carbocycles. The van der Waals surface area contributed by atoms with E-state index in [-0.39, 0.29) is 12.5 Å². The SMILES string of the molecule is CCC(O)COc1nn(-c2ccccc2)c(NC(=O)N[C@@H]2CN(CCOC)C[C@H]2c2cc(F)cc(F)c2)c1C. The van der Waals surface area contributed by atoms with Crippen molar-refractivity contribution in [1.82, 2.24) is 20.0 Å². The predicted octanol–water partition coefficient (Wildman–Crippen LogP) is 3.84. The Kier molecular flexibility index (Phi) is 9.50. The molecule has 1 unspecified atom stereocenters. The lowest BCUT2D eigenvalue weighted by atomic mass is 9.94. The van der Waals surface area contributed by atoms with Gasteiger partial charge in [0.1, 0.15) is 24.1 Å². The van der Waals surface area contributed by atoms with Crippen molar-refractivity contribution in [3.8, 4) is 11.6 Å². The summed E-state index contributed by atoms with van der Waals surface area (Å²) in [6.45, 7) is 5.81. The van der Waals surface area contributed by atoms with Crippen molar-refractivity contribution in [2.75, 3.05) is 45.3 Å². The van der Waals surface area contributed by atoms with Gasteiger partial charge < -0.3 is 19.9 Å². The van der Waals surface area contributed by atoms with Crippen LogP contribution in [0.2, 0.25) is 0 Å². The number of benzene rings is 2. The maximum atomic E-state index is 14.0. The minimum absolute atomic E-state index is 0.0695. The van der Waals surface area contributed by atoms with Crippen LogP contribution in [0, 0.1) is 18.6 Å². The zero-order valence-electron chi connectivity index (χ0n) is 22.4. The first-order chi connectivity index (χ1) is 18.8. The van der Waals surface area contributed by atoms with E-state index in [0.29, 0.717) is 61.2 Å². The molecule has 2 amide bonds. The second-order valence-corrected chi connectivity index (χ2v) is 9.67. The third-order valence-electron chi connectivity index (χ3n) is 6.83. The summed E-state index contributed by atoms with van der Waals surface area (Å²) in [6, 6.07) is 11.8. The maximum Gasteiger partial charge on any atom is 0.320 e. The summed E-state index contributed by atoms with van der Waals surface area (Å²) in [5, 5.41) is 20.4. The van der Waals surface area contributed by atoms with Gasteiger partial charge in [-0.2, -0.15) is 0 Å². The molecule has 1 fully saturated rings. The van der Waals surface area contributed by atoms with Gasteiger partial charge in [0.15, 0.2) is 0 Å². The Hall–Kier alpha value is -3.54. The number of nitrogens with one attached hydrogen (secondary N) is 2. The first kappa shape index (κ1) is 28.5. The summed E-state index contributed by atoms with van der Waals surface area (Å²) in [5.74, 6) is -0.950. The van der Waals surface area contributed by atoms with Crippen molar-refractivity contribution in [2.24, 2.45) is 0 Å². The number of aromatic nitrogens is 2. The highest BCUT2D eigenvalue weighted by molar-refractivity contribution is 5.90. The van der Waals surface area contributed by atoms with Crippen LogP contribution in [-0.2, 0) is 4.74 Å². The quantitative estimate of drug-likeness (QED) is 0.340. The van der Waals surface area contributed by atoms with Gasteiger partial charge in [0.2, 0.25) is 5.88 Å². The monoisotopic (exact) mass is 543 g/mol. The number of aliphatic hydroxyl groups excluding tert-OH is 1. The molecule has 11 heteroatoms. The largest absolute Gasteiger partial charge is 0.474 e. The van der Waals surface area contributed by atoms with Crippen LogP contribution in [0.1, 0.15) is 30.4 Å². The topological polar surface area (TPSA) is 101 Å². The number of hydrogen-bond donors (Lipinski definition) is 3. The van der Waals surface area contributed by atoms with Crippen LogP contribution in [0.25, 0.3) is 5.69 Å². The molecular formula is C28H35F2N5O4. The molecule has 210 valence electrons. The Morgan fingerprint density at radius 3 is 2.56 bits per heavy atom. The first-order valence-corrected chi connectivity index (χ1v) is 13.0. The Balaban J connectivity index is 1.57. The number of para-hydroxylation sites is 1. The third-order valence-corrected chi connectivity index (χ3v) is 6.83. The number of nitrogens with zero attached hydrogens (tertiary/aromatic N) is 3. The van der Waals surface area contributed by atoms with E-state index in [4.69, 9.17) is 9.47 Å². The summed E-state index contributed by atoms with van der Waals surface area (Å²) in [5.41, 5.74) is 1.78. The first-order valence-electron chi connectivity index (χ1n) is 13.0. The molecule has 9 nitrogen and oxygen atoms in total. The number of likely N-dealkylation sites (tertiary alicyclic amines) is 1. The van der Waals surface area contributed by atoms with E-state index in [1.165, 1.54) is 12.1 Å². The highest BCUT2D eigenvalue weighted by atomic mass is 19.1. The number of anilines is 1. The second kappa shape index (κ2) is 13.0. The highest BCUT2D eigenvalue weighted by Crippen LogP contribution is 2.31. The molecule has 2 heterocycles. The van der Waals surface area contributed by atoms with Crippen molar-refractivity contribution >= 4 is 11.8 Å². The molecular weight excluding hydrogens is 508 g/mol. The summed E-state index contributed by atoms with van der Waals surface area (Å²) >= 11 is 0. The molecule has 0 radical (unpaired) electrons. The van der Waals surface area contributed by atoms with E-state index >= 15 is 0 Å². The summed E-state index contributed by atoms with van der Waals surface area (Å²) in [6.07, 6.45) is -0.107. The van der Waals surface area contributed by atoms with E-state index in [1.807, 2.05) is 37.3 Å². The van der Waals surface area contributed by atoms with Gasteiger partial charge in [0.05, 0.1) is 30.0 Å². The molecule has 1 saturated heterocycles. The number of urea groups is 1. The Bertz CT molecular complexity index is 1240. The number of ether oxygens (including phenoxy) is 2. The van der Waals surface area contributed by atoms with E-state index in [2.05, 4.69) is 20.6 Å². The fraction of sp³-hybridized carbons (Fsp3) is 0.429.